The Morgan fingerprint density at radius 3 is 1.56 bits per heavy atom. The van der Waals surface area contributed by atoms with E-state index in [0.717, 1.165) is 72.1 Å². The molecule has 272 valence electrons. The number of anilines is 3. The molecule has 8 aromatic carbocycles. The summed E-state index contributed by atoms with van der Waals surface area (Å²) in [6.45, 7) is 9.42. The summed E-state index contributed by atoms with van der Waals surface area (Å²) in [4.78, 5) is 2.44. The molecule has 0 bridgehead atoms. The van der Waals surface area contributed by atoms with E-state index in [1.165, 1.54) is 44.5 Å². The van der Waals surface area contributed by atoms with Crippen LogP contribution >= 0.6 is 0 Å². The van der Waals surface area contributed by atoms with Gasteiger partial charge in [0.2, 0.25) is 0 Å². The van der Waals surface area contributed by atoms with Crippen LogP contribution < -0.4 is 4.90 Å². The van der Waals surface area contributed by atoms with Crippen LogP contribution in [0, 0.1) is 0 Å². The van der Waals surface area contributed by atoms with Crippen molar-refractivity contribution in [1.29, 1.82) is 0 Å². The second-order valence-electron chi connectivity index (χ2n) is 16.9. The molecule has 0 amide bonds. The first-order valence-corrected chi connectivity index (χ1v) is 19.9. The Morgan fingerprint density at radius 1 is 0.386 bits per heavy atom. The molecule has 0 radical (unpaired) electrons. The number of para-hydroxylation sites is 1. The quantitative estimate of drug-likeness (QED) is 0.180. The van der Waals surface area contributed by atoms with Crippen LogP contribution in [0.1, 0.15) is 49.9 Å². The molecule has 3 heteroatoms. The van der Waals surface area contributed by atoms with Crippen molar-refractivity contribution in [2.75, 3.05) is 4.90 Å². The molecule has 57 heavy (non-hydrogen) atoms. The van der Waals surface area contributed by atoms with E-state index in [1.54, 1.807) is 0 Å². The van der Waals surface area contributed by atoms with E-state index in [9.17, 15) is 0 Å². The molecule has 3 nitrogen and oxygen atoms in total. The van der Waals surface area contributed by atoms with Gasteiger partial charge in [-0.15, -0.1) is 0 Å². The molecule has 0 unspecified atom stereocenters. The SMILES string of the molecule is CC1(C)c2ccccc2-c2ccc(N(c3ccc4c(c3)C(C)(C)c3ccccc3-4)c3cc(-c4ccccc4)cc4c3oc3ccc5oc6ccccc6c5c34)cc21. The number of hydrogen-bond acceptors (Lipinski definition) is 3. The number of fused-ring (bicyclic) bond motifs is 13. The third-order valence-corrected chi connectivity index (χ3v) is 13.1. The van der Waals surface area contributed by atoms with Gasteiger partial charge in [-0.2, -0.15) is 0 Å². The fraction of sp³-hybridized carbons (Fsp3) is 0.111. The molecule has 0 saturated heterocycles. The topological polar surface area (TPSA) is 29.5 Å². The maximum atomic E-state index is 7.11. The summed E-state index contributed by atoms with van der Waals surface area (Å²) in [5, 5.41) is 4.30. The third-order valence-electron chi connectivity index (χ3n) is 13.1. The van der Waals surface area contributed by atoms with E-state index in [4.69, 9.17) is 8.83 Å². The molecule has 0 N–H and O–H groups in total. The lowest BCUT2D eigenvalue weighted by Crippen LogP contribution is -2.18. The van der Waals surface area contributed by atoms with Crippen LogP contribution in [0.15, 0.2) is 173 Å². The molecule has 2 aliphatic carbocycles. The van der Waals surface area contributed by atoms with Crippen LogP contribution in [0.4, 0.5) is 17.1 Å². The Bertz CT molecular complexity index is 3200. The molecule has 2 heterocycles. The van der Waals surface area contributed by atoms with Gasteiger partial charge in [-0.05, 0) is 110 Å². The number of hydrogen-bond donors (Lipinski definition) is 0. The minimum Gasteiger partial charge on any atom is -0.456 e. The third kappa shape index (κ3) is 4.43. The van der Waals surface area contributed by atoms with Crippen molar-refractivity contribution in [3.8, 4) is 33.4 Å². The standard InChI is InChI=1S/C54H39NO2/c1-53(2)42-19-11-8-16-36(42)38-24-22-34(30-44(38)53)55(35-23-25-39-37-17-9-12-20-43(37)54(3,4)45(39)31-35)46-29-33(32-14-6-5-7-15-32)28-41-51-49(57-52(41)46)27-26-48-50(51)40-18-10-13-21-47(40)56-48/h5-31H,1-4H3. The molecule has 0 fully saturated rings. The lowest BCUT2D eigenvalue weighted by atomic mass is 9.82. The highest BCUT2D eigenvalue weighted by Crippen LogP contribution is 2.54. The molecule has 12 rings (SSSR count). The van der Waals surface area contributed by atoms with Gasteiger partial charge in [0, 0.05) is 43.7 Å². The van der Waals surface area contributed by atoms with E-state index in [-0.39, 0.29) is 10.8 Å². The molecule has 2 aliphatic rings. The Morgan fingerprint density at radius 2 is 0.912 bits per heavy atom. The van der Waals surface area contributed by atoms with E-state index >= 15 is 0 Å². The molecular formula is C54H39NO2. The summed E-state index contributed by atoms with van der Waals surface area (Å²) in [6, 6.07) is 59.6. The first-order valence-electron chi connectivity index (χ1n) is 19.9. The van der Waals surface area contributed by atoms with Gasteiger partial charge in [0.15, 0.2) is 5.58 Å². The van der Waals surface area contributed by atoms with Crippen molar-refractivity contribution in [1.82, 2.24) is 0 Å². The van der Waals surface area contributed by atoms with Crippen molar-refractivity contribution in [2.24, 2.45) is 0 Å². The zero-order chi connectivity index (χ0) is 38.2. The van der Waals surface area contributed by atoms with Gasteiger partial charge >= 0.3 is 0 Å². The van der Waals surface area contributed by atoms with Gasteiger partial charge in [0.1, 0.15) is 16.7 Å². The van der Waals surface area contributed by atoms with Gasteiger partial charge in [-0.25, -0.2) is 0 Å². The summed E-state index contributed by atoms with van der Waals surface area (Å²) >= 11 is 0. The first kappa shape index (κ1) is 32.4. The molecule has 0 spiro atoms. The Kier molecular flexibility index (Phi) is 6.46. The van der Waals surface area contributed by atoms with Crippen LogP contribution in [0.3, 0.4) is 0 Å². The first-order chi connectivity index (χ1) is 27.8. The van der Waals surface area contributed by atoms with Crippen molar-refractivity contribution < 1.29 is 8.83 Å². The van der Waals surface area contributed by atoms with Crippen molar-refractivity contribution >= 4 is 60.9 Å². The molecule has 2 aromatic heterocycles. The van der Waals surface area contributed by atoms with Crippen LogP contribution in [0.25, 0.3) is 77.3 Å². The normalized spacial score (nSPS) is 14.6. The lowest BCUT2D eigenvalue weighted by molar-refractivity contribution is 0.659. The van der Waals surface area contributed by atoms with Gasteiger partial charge in [-0.1, -0.05) is 137 Å². The summed E-state index contributed by atoms with van der Waals surface area (Å²) in [5.74, 6) is 0. The fourth-order valence-corrected chi connectivity index (χ4v) is 10.2. The number of furan rings is 2. The second-order valence-corrected chi connectivity index (χ2v) is 16.9. The van der Waals surface area contributed by atoms with E-state index in [0.29, 0.717) is 0 Å². The van der Waals surface area contributed by atoms with Crippen LogP contribution in [0.5, 0.6) is 0 Å². The second kappa shape index (κ2) is 11.4. The van der Waals surface area contributed by atoms with E-state index in [1.807, 2.05) is 12.1 Å². The summed E-state index contributed by atoms with van der Waals surface area (Å²) < 4.78 is 13.5. The van der Waals surface area contributed by atoms with Gasteiger partial charge in [0.05, 0.1) is 5.69 Å². The molecule has 0 aliphatic heterocycles. The average molecular weight is 734 g/mol. The maximum Gasteiger partial charge on any atom is 0.159 e. The van der Waals surface area contributed by atoms with Crippen LogP contribution in [-0.4, -0.2) is 0 Å². The van der Waals surface area contributed by atoms with Gasteiger partial charge < -0.3 is 13.7 Å². The molecule has 0 saturated carbocycles. The summed E-state index contributed by atoms with van der Waals surface area (Å²) in [7, 11) is 0. The summed E-state index contributed by atoms with van der Waals surface area (Å²) in [5.41, 5.74) is 19.1. The number of rotatable bonds is 4. The predicted octanol–water partition coefficient (Wildman–Crippen LogP) is 15.2. The van der Waals surface area contributed by atoms with Gasteiger partial charge in [0.25, 0.3) is 0 Å². The fourth-order valence-electron chi connectivity index (χ4n) is 10.2. The smallest absolute Gasteiger partial charge is 0.159 e. The van der Waals surface area contributed by atoms with E-state index < -0.39 is 0 Å². The van der Waals surface area contributed by atoms with Crippen LogP contribution in [0.2, 0.25) is 0 Å². The van der Waals surface area contributed by atoms with Crippen molar-refractivity contribution in [3.05, 3.63) is 186 Å². The predicted molar refractivity (Wildman–Crippen MR) is 236 cm³/mol. The Balaban J connectivity index is 1.19. The zero-order valence-corrected chi connectivity index (χ0v) is 32.4. The number of benzene rings is 8. The highest BCUT2D eigenvalue weighted by atomic mass is 16.3. The largest absolute Gasteiger partial charge is 0.456 e. The Hall–Kier alpha value is -6.84. The highest BCUT2D eigenvalue weighted by molar-refractivity contribution is 6.27. The molecular weight excluding hydrogens is 695 g/mol. The average Bonchev–Trinajstić information content (AvgIpc) is 3.94. The molecule has 0 atom stereocenters. The highest BCUT2D eigenvalue weighted by Gasteiger charge is 2.38. The monoisotopic (exact) mass is 733 g/mol. The van der Waals surface area contributed by atoms with Gasteiger partial charge in [-0.3, -0.25) is 0 Å². The van der Waals surface area contributed by atoms with E-state index in [2.05, 4.69) is 184 Å². The van der Waals surface area contributed by atoms with Crippen molar-refractivity contribution in [2.45, 2.75) is 38.5 Å². The zero-order valence-electron chi connectivity index (χ0n) is 32.4. The lowest BCUT2D eigenvalue weighted by Gasteiger charge is -2.30. The van der Waals surface area contributed by atoms with Crippen molar-refractivity contribution in [3.63, 3.8) is 0 Å². The minimum atomic E-state index is -0.163. The molecule has 10 aromatic rings. The summed E-state index contributed by atoms with van der Waals surface area (Å²) in [6.07, 6.45) is 0. The number of nitrogens with zero attached hydrogens (tertiary/aromatic N) is 1. The minimum absolute atomic E-state index is 0.163. The Labute approximate surface area is 331 Å². The van der Waals surface area contributed by atoms with Crippen LogP contribution in [-0.2, 0) is 10.8 Å². The maximum absolute atomic E-state index is 7.11.